The summed E-state index contributed by atoms with van der Waals surface area (Å²) in [5, 5.41) is 14.4. The Morgan fingerprint density at radius 2 is 1.96 bits per heavy atom. The first-order valence-corrected chi connectivity index (χ1v) is 6.59. The van der Waals surface area contributed by atoms with Gasteiger partial charge in [0.2, 0.25) is 0 Å². The molecule has 1 amide bonds. The molecule has 124 valence electrons. The summed E-state index contributed by atoms with van der Waals surface area (Å²) in [7, 11) is 0. The van der Waals surface area contributed by atoms with Crippen molar-refractivity contribution in [1.82, 2.24) is 5.43 Å². The molecular weight excluding hydrogens is 324 g/mol. The van der Waals surface area contributed by atoms with Crippen LogP contribution in [0.1, 0.15) is 15.9 Å². The van der Waals surface area contributed by atoms with Gasteiger partial charge in [-0.25, -0.2) is 5.43 Å². The van der Waals surface area contributed by atoms with Crippen molar-refractivity contribution < 1.29 is 23.2 Å². The van der Waals surface area contributed by atoms with Crippen molar-refractivity contribution in [2.24, 2.45) is 5.10 Å². The van der Waals surface area contributed by atoms with E-state index in [0.29, 0.717) is 5.56 Å². The van der Waals surface area contributed by atoms with E-state index in [-0.39, 0.29) is 17.0 Å². The lowest BCUT2D eigenvalue weighted by molar-refractivity contribution is -0.384. The third kappa shape index (κ3) is 4.57. The van der Waals surface area contributed by atoms with Crippen molar-refractivity contribution in [2.45, 2.75) is 6.61 Å². The molecule has 7 nitrogen and oxygen atoms in total. The minimum atomic E-state index is -3.10. The average Bonchev–Trinajstić information content (AvgIpc) is 2.56. The smallest absolute Gasteiger partial charge is 0.387 e. The molecule has 24 heavy (non-hydrogen) atoms. The number of rotatable bonds is 6. The van der Waals surface area contributed by atoms with Gasteiger partial charge in [0.25, 0.3) is 11.6 Å². The Kier molecular flexibility index (Phi) is 5.50. The van der Waals surface area contributed by atoms with Gasteiger partial charge in [-0.15, -0.1) is 0 Å². The van der Waals surface area contributed by atoms with Gasteiger partial charge in [-0.1, -0.05) is 18.2 Å². The fraction of sp³-hybridized carbons (Fsp3) is 0.0667. The number of hydrogen-bond acceptors (Lipinski definition) is 5. The van der Waals surface area contributed by atoms with Crippen LogP contribution < -0.4 is 10.2 Å². The summed E-state index contributed by atoms with van der Waals surface area (Å²) in [6.45, 7) is -3.10. The molecule has 0 atom stereocenters. The molecular formula is C15H11F2N3O4. The van der Waals surface area contributed by atoms with E-state index in [2.05, 4.69) is 15.3 Å². The number of carbonyl (C=O) groups is 1. The number of nitrogens with zero attached hydrogens (tertiary/aromatic N) is 2. The maximum absolute atomic E-state index is 12.4. The van der Waals surface area contributed by atoms with Crippen LogP contribution in [0.25, 0.3) is 0 Å². The molecule has 9 heteroatoms. The Morgan fingerprint density at radius 1 is 1.25 bits per heavy atom. The molecule has 2 aromatic rings. The average molecular weight is 335 g/mol. The minimum Gasteiger partial charge on any atom is -0.434 e. The molecule has 0 aliphatic carbocycles. The summed E-state index contributed by atoms with van der Waals surface area (Å²) < 4.78 is 29.0. The second kappa shape index (κ2) is 7.77. The number of benzene rings is 2. The zero-order chi connectivity index (χ0) is 17.5. The Labute approximate surface area is 134 Å². The number of nitrogens with one attached hydrogen (secondary N) is 1. The van der Waals surface area contributed by atoms with E-state index in [9.17, 15) is 23.7 Å². The van der Waals surface area contributed by atoms with Gasteiger partial charge in [-0.05, 0) is 18.2 Å². The fourth-order valence-corrected chi connectivity index (χ4v) is 1.77. The second-order valence-corrected chi connectivity index (χ2v) is 4.42. The van der Waals surface area contributed by atoms with E-state index in [4.69, 9.17) is 0 Å². The third-order valence-corrected chi connectivity index (χ3v) is 2.83. The van der Waals surface area contributed by atoms with Crippen LogP contribution in [0.4, 0.5) is 14.5 Å². The maximum atomic E-state index is 12.4. The van der Waals surface area contributed by atoms with E-state index < -0.39 is 17.4 Å². The van der Waals surface area contributed by atoms with Crippen LogP contribution in [0.15, 0.2) is 53.6 Å². The van der Waals surface area contributed by atoms with Crippen molar-refractivity contribution in [1.29, 1.82) is 0 Å². The third-order valence-electron chi connectivity index (χ3n) is 2.83. The topological polar surface area (TPSA) is 93.8 Å². The highest BCUT2D eigenvalue weighted by Crippen LogP contribution is 2.24. The van der Waals surface area contributed by atoms with Gasteiger partial charge >= 0.3 is 6.61 Å². The van der Waals surface area contributed by atoms with Crippen molar-refractivity contribution >= 4 is 17.8 Å². The van der Waals surface area contributed by atoms with Crippen LogP contribution in [-0.4, -0.2) is 23.7 Å². The number of amides is 1. The molecule has 2 rings (SSSR count). The largest absolute Gasteiger partial charge is 0.434 e. The van der Waals surface area contributed by atoms with Crippen LogP contribution in [0, 0.1) is 10.1 Å². The first-order chi connectivity index (χ1) is 11.5. The van der Waals surface area contributed by atoms with Crippen molar-refractivity contribution in [3.05, 3.63) is 69.8 Å². The lowest BCUT2D eigenvalue weighted by atomic mass is 10.2. The number of carbonyl (C=O) groups excluding carboxylic acids is 1. The zero-order valence-electron chi connectivity index (χ0n) is 12.1. The molecule has 0 aromatic heterocycles. The molecule has 2 aromatic carbocycles. The van der Waals surface area contributed by atoms with E-state index in [1.54, 1.807) is 30.3 Å². The van der Waals surface area contributed by atoms with Crippen molar-refractivity contribution in [3.63, 3.8) is 0 Å². The number of hydrazone groups is 1. The van der Waals surface area contributed by atoms with Crippen LogP contribution in [0.3, 0.4) is 0 Å². The first-order valence-electron chi connectivity index (χ1n) is 6.59. The van der Waals surface area contributed by atoms with Gasteiger partial charge in [-0.3, -0.25) is 14.9 Å². The van der Waals surface area contributed by atoms with E-state index in [1.165, 1.54) is 0 Å². The number of ether oxygens (including phenoxy) is 1. The summed E-state index contributed by atoms with van der Waals surface area (Å²) in [5.41, 5.74) is 2.14. The molecule has 0 aliphatic rings. The second-order valence-electron chi connectivity index (χ2n) is 4.42. The van der Waals surface area contributed by atoms with Gasteiger partial charge < -0.3 is 4.74 Å². The molecule has 0 saturated heterocycles. The summed E-state index contributed by atoms with van der Waals surface area (Å²) in [5.74, 6) is -0.818. The number of alkyl halides is 2. The predicted octanol–water partition coefficient (Wildman–Crippen LogP) is 2.96. The van der Waals surface area contributed by atoms with Crippen LogP contribution in [-0.2, 0) is 0 Å². The number of hydrogen-bond donors (Lipinski definition) is 1. The predicted molar refractivity (Wildman–Crippen MR) is 81.2 cm³/mol. The lowest BCUT2D eigenvalue weighted by Crippen LogP contribution is -2.17. The Morgan fingerprint density at radius 3 is 2.58 bits per heavy atom. The number of nitro benzene ring substituents is 1. The first kappa shape index (κ1) is 17.0. The molecule has 0 bridgehead atoms. The number of non-ortho nitro benzene ring substituents is 1. The number of nitro groups is 1. The quantitative estimate of drug-likeness (QED) is 0.499. The van der Waals surface area contributed by atoms with Gasteiger partial charge in [0.15, 0.2) is 0 Å². The molecule has 0 saturated carbocycles. The Balaban J connectivity index is 2.18. The van der Waals surface area contributed by atoms with Gasteiger partial charge in [0.1, 0.15) is 5.75 Å². The van der Waals surface area contributed by atoms with E-state index in [1.807, 2.05) is 0 Å². The van der Waals surface area contributed by atoms with Crippen molar-refractivity contribution in [3.8, 4) is 5.75 Å². The maximum Gasteiger partial charge on any atom is 0.387 e. The van der Waals surface area contributed by atoms with Crippen LogP contribution in [0.2, 0.25) is 0 Å². The highest BCUT2D eigenvalue weighted by molar-refractivity contribution is 5.95. The normalized spacial score (nSPS) is 10.8. The highest BCUT2D eigenvalue weighted by atomic mass is 19.3. The lowest BCUT2D eigenvalue weighted by Gasteiger charge is -2.07. The minimum absolute atomic E-state index is 0.0714. The monoisotopic (exact) mass is 335 g/mol. The summed E-state index contributed by atoms with van der Waals surface area (Å²) in [6.07, 6.45) is 0.992. The standard InChI is InChI=1S/C15H11F2N3O4/c16-15(17)24-13-7-6-12(20(22)23)8-11(13)9-18-19-14(21)10-4-2-1-3-5-10/h1-9,15H,(H,19,21)/b18-9-. The zero-order valence-corrected chi connectivity index (χ0v) is 12.1. The summed E-state index contributed by atoms with van der Waals surface area (Å²) in [4.78, 5) is 21.9. The van der Waals surface area contributed by atoms with Gasteiger partial charge in [-0.2, -0.15) is 13.9 Å². The Hall–Kier alpha value is -3.36. The van der Waals surface area contributed by atoms with Crippen molar-refractivity contribution in [2.75, 3.05) is 0 Å². The van der Waals surface area contributed by atoms with E-state index >= 15 is 0 Å². The van der Waals surface area contributed by atoms with Gasteiger partial charge in [0, 0.05) is 23.3 Å². The molecule has 0 fully saturated rings. The Bertz CT molecular complexity index is 767. The van der Waals surface area contributed by atoms with Gasteiger partial charge in [0.05, 0.1) is 11.1 Å². The summed E-state index contributed by atoms with van der Waals surface area (Å²) >= 11 is 0. The molecule has 0 unspecified atom stereocenters. The van der Waals surface area contributed by atoms with Crippen LogP contribution >= 0.6 is 0 Å². The SMILES string of the molecule is O=C(N/N=C\c1cc([N+](=O)[O-])ccc1OC(F)F)c1ccccc1. The molecule has 0 spiro atoms. The highest BCUT2D eigenvalue weighted by Gasteiger charge is 2.14. The fourth-order valence-electron chi connectivity index (χ4n) is 1.77. The molecule has 0 heterocycles. The molecule has 0 aliphatic heterocycles. The molecule has 1 N–H and O–H groups in total. The van der Waals surface area contributed by atoms with E-state index in [0.717, 1.165) is 24.4 Å². The summed E-state index contributed by atoms with van der Waals surface area (Å²) in [6, 6.07) is 11.2. The number of halogens is 2. The molecule has 0 radical (unpaired) electrons. The van der Waals surface area contributed by atoms with Crippen LogP contribution in [0.5, 0.6) is 5.75 Å².